The topological polar surface area (TPSA) is 61.4 Å². The molecule has 1 aromatic carbocycles. The summed E-state index contributed by atoms with van der Waals surface area (Å²) in [4.78, 5) is 25.3. The number of halogens is 1. The van der Waals surface area contributed by atoms with Crippen LogP contribution in [-0.4, -0.2) is 36.5 Å². The number of likely N-dealkylation sites (tertiary alicyclic amines) is 1. The van der Waals surface area contributed by atoms with E-state index in [1.165, 1.54) is 12.1 Å². The van der Waals surface area contributed by atoms with Crippen LogP contribution in [0.25, 0.3) is 0 Å². The summed E-state index contributed by atoms with van der Waals surface area (Å²) in [7, 11) is 0. The van der Waals surface area contributed by atoms with E-state index in [1.54, 1.807) is 17.0 Å². The Kier molecular flexibility index (Phi) is 6.38. The summed E-state index contributed by atoms with van der Waals surface area (Å²) in [6, 6.07) is 5.98. The van der Waals surface area contributed by atoms with Crippen molar-refractivity contribution in [3.05, 3.63) is 35.6 Å². The van der Waals surface area contributed by atoms with Crippen molar-refractivity contribution in [2.75, 3.05) is 19.6 Å². The number of urea groups is 1. The van der Waals surface area contributed by atoms with E-state index < -0.39 is 0 Å². The smallest absolute Gasteiger partial charge is 0.317 e. The summed E-state index contributed by atoms with van der Waals surface area (Å²) in [6.07, 6.45) is 2.44. The van der Waals surface area contributed by atoms with Gasteiger partial charge in [0, 0.05) is 32.6 Å². The number of rotatable bonds is 5. The fourth-order valence-corrected chi connectivity index (χ4v) is 2.69. The quantitative estimate of drug-likeness (QED) is 0.874. The molecule has 0 spiro atoms. The number of hydrogen-bond acceptors (Lipinski definition) is 2. The maximum atomic E-state index is 12.8. The molecule has 0 aliphatic carbocycles. The van der Waals surface area contributed by atoms with Crippen molar-refractivity contribution in [3.63, 3.8) is 0 Å². The minimum absolute atomic E-state index is 0.0443. The van der Waals surface area contributed by atoms with E-state index in [0.717, 1.165) is 24.9 Å². The Morgan fingerprint density at radius 2 is 2.00 bits per heavy atom. The van der Waals surface area contributed by atoms with Gasteiger partial charge in [0.05, 0.1) is 0 Å². The molecule has 2 N–H and O–H groups in total. The first kappa shape index (κ1) is 17.2. The highest BCUT2D eigenvalue weighted by atomic mass is 19.1. The van der Waals surface area contributed by atoms with E-state index >= 15 is 0 Å². The molecule has 1 saturated heterocycles. The zero-order valence-electron chi connectivity index (χ0n) is 13.5. The van der Waals surface area contributed by atoms with Crippen LogP contribution < -0.4 is 10.6 Å². The maximum absolute atomic E-state index is 12.8. The SMILES string of the molecule is CCC(=O)NCC1CCCN(C(=O)NCc2ccc(F)cc2)C1. The van der Waals surface area contributed by atoms with Gasteiger partial charge in [-0.3, -0.25) is 4.79 Å². The predicted molar refractivity (Wildman–Crippen MR) is 86.2 cm³/mol. The molecule has 1 atom stereocenters. The van der Waals surface area contributed by atoms with E-state index in [2.05, 4.69) is 10.6 Å². The first-order valence-corrected chi connectivity index (χ1v) is 8.12. The average molecular weight is 321 g/mol. The number of carbonyl (C=O) groups is 2. The van der Waals surface area contributed by atoms with Crippen molar-refractivity contribution in [2.24, 2.45) is 5.92 Å². The molecule has 1 fully saturated rings. The molecule has 1 aliphatic heterocycles. The standard InChI is InChI=1S/C17H24FN3O2/c1-2-16(22)19-11-14-4-3-9-21(12-14)17(23)20-10-13-5-7-15(18)8-6-13/h5-8,14H,2-4,9-12H2,1H3,(H,19,22)(H,20,23). The van der Waals surface area contributed by atoms with Crippen molar-refractivity contribution in [2.45, 2.75) is 32.7 Å². The van der Waals surface area contributed by atoms with Crippen molar-refractivity contribution >= 4 is 11.9 Å². The lowest BCUT2D eigenvalue weighted by Gasteiger charge is -2.32. The Morgan fingerprint density at radius 3 is 2.70 bits per heavy atom. The second kappa shape index (κ2) is 8.50. The van der Waals surface area contributed by atoms with Gasteiger partial charge >= 0.3 is 6.03 Å². The van der Waals surface area contributed by atoms with Crippen molar-refractivity contribution in [1.29, 1.82) is 0 Å². The van der Waals surface area contributed by atoms with Gasteiger partial charge in [-0.25, -0.2) is 9.18 Å². The average Bonchev–Trinajstić information content (AvgIpc) is 2.59. The Hall–Kier alpha value is -2.11. The summed E-state index contributed by atoms with van der Waals surface area (Å²) in [5.74, 6) is 0.0618. The van der Waals surface area contributed by atoms with Gasteiger partial charge in [0.1, 0.15) is 5.82 Å². The molecule has 5 nitrogen and oxygen atoms in total. The molecule has 0 bridgehead atoms. The number of amides is 3. The molecule has 6 heteroatoms. The van der Waals surface area contributed by atoms with Gasteiger partial charge in [-0.2, -0.15) is 0 Å². The summed E-state index contributed by atoms with van der Waals surface area (Å²) in [5.41, 5.74) is 0.864. The monoisotopic (exact) mass is 321 g/mol. The highest BCUT2D eigenvalue weighted by Crippen LogP contribution is 2.16. The van der Waals surface area contributed by atoms with Crippen LogP contribution in [0.5, 0.6) is 0 Å². The molecule has 126 valence electrons. The van der Waals surface area contributed by atoms with Crippen LogP contribution in [0.1, 0.15) is 31.7 Å². The van der Waals surface area contributed by atoms with Gasteiger partial charge in [-0.15, -0.1) is 0 Å². The van der Waals surface area contributed by atoms with Gasteiger partial charge in [0.25, 0.3) is 0 Å². The van der Waals surface area contributed by atoms with Gasteiger partial charge in [0.2, 0.25) is 5.91 Å². The largest absolute Gasteiger partial charge is 0.356 e. The number of carbonyl (C=O) groups excluding carboxylic acids is 2. The van der Waals surface area contributed by atoms with E-state index in [9.17, 15) is 14.0 Å². The van der Waals surface area contributed by atoms with E-state index in [0.29, 0.717) is 32.0 Å². The van der Waals surface area contributed by atoms with Crippen LogP contribution in [0.15, 0.2) is 24.3 Å². The lowest BCUT2D eigenvalue weighted by atomic mass is 9.98. The Bertz CT molecular complexity index is 533. The van der Waals surface area contributed by atoms with Crippen molar-refractivity contribution < 1.29 is 14.0 Å². The maximum Gasteiger partial charge on any atom is 0.317 e. The molecule has 3 amide bonds. The number of nitrogens with zero attached hydrogens (tertiary/aromatic N) is 1. The van der Waals surface area contributed by atoms with Crippen LogP contribution in [0.2, 0.25) is 0 Å². The number of benzene rings is 1. The molecule has 23 heavy (non-hydrogen) atoms. The van der Waals surface area contributed by atoms with Gasteiger partial charge in [-0.05, 0) is 36.5 Å². The molecule has 2 rings (SSSR count). The molecule has 0 aromatic heterocycles. The van der Waals surface area contributed by atoms with Crippen LogP contribution in [-0.2, 0) is 11.3 Å². The molecule has 1 unspecified atom stereocenters. The lowest BCUT2D eigenvalue weighted by Crippen LogP contribution is -2.47. The van der Waals surface area contributed by atoms with Crippen LogP contribution in [0.4, 0.5) is 9.18 Å². The fourth-order valence-electron chi connectivity index (χ4n) is 2.69. The molecule has 0 radical (unpaired) electrons. The first-order valence-electron chi connectivity index (χ1n) is 8.12. The Balaban J connectivity index is 1.77. The van der Waals surface area contributed by atoms with Crippen molar-refractivity contribution in [3.8, 4) is 0 Å². The second-order valence-corrected chi connectivity index (χ2v) is 5.90. The first-order chi connectivity index (χ1) is 11.1. The molecular weight excluding hydrogens is 297 g/mol. The normalized spacial score (nSPS) is 17.7. The highest BCUT2D eigenvalue weighted by molar-refractivity contribution is 5.75. The van der Waals surface area contributed by atoms with Gasteiger partial charge in [0.15, 0.2) is 0 Å². The minimum Gasteiger partial charge on any atom is -0.356 e. The van der Waals surface area contributed by atoms with E-state index in [4.69, 9.17) is 0 Å². The third-order valence-corrected chi connectivity index (χ3v) is 4.07. The lowest BCUT2D eigenvalue weighted by molar-refractivity contribution is -0.121. The summed E-state index contributed by atoms with van der Waals surface area (Å²) in [6.45, 7) is 4.21. The Morgan fingerprint density at radius 1 is 1.26 bits per heavy atom. The molecular formula is C17H24FN3O2. The molecule has 1 aliphatic rings. The Labute approximate surface area is 136 Å². The van der Waals surface area contributed by atoms with E-state index in [1.807, 2.05) is 6.92 Å². The minimum atomic E-state index is -0.284. The third-order valence-electron chi connectivity index (χ3n) is 4.07. The van der Waals surface area contributed by atoms with E-state index in [-0.39, 0.29) is 17.8 Å². The third kappa shape index (κ3) is 5.54. The number of nitrogens with one attached hydrogen (secondary N) is 2. The fraction of sp³-hybridized carbons (Fsp3) is 0.529. The summed E-state index contributed by atoms with van der Waals surface area (Å²) in [5, 5.41) is 5.75. The number of piperidine rings is 1. The van der Waals surface area contributed by atoms with Crippen LogP contribution in [0.3, 0.4) is 0 Å². The summed E-state index contributed by atoms with van der Waals surface area (Å²) >= 11 is 0. The zero-order chi connectivity index (χ0) is 16.7. The molecule has 1 aromatic rings. The van der Waals surface area contributed by atoms with Crippen LogP contribution >= 0.6 is 0 Å². The molecule has 0 saturated carbocycles. The highest BCUT2D eigenvalue weighted by Gasteiger charge is 2.23. The van der Waals surface area contributed by atoms with Gasteiger partial charge in [-0.1, -0.05) is 19.1 Å². The van der Waals surface area contributed by atoms with Crippen molar-refractivity contribution in [1.82, 2.24) is 15.5 Å². The zero-order valence-corrected chi connectivity index (χ0v) is 13.5. The van der Waals surface area contributed by atoms with Gasteiger partial charge < -0.3 is 15.5 Å². The van der Waals surface area contributed by atoms with Crippen LogP contribution in [0, 0.1) is 11.7 Å². The predicted octanol–water partition coefficient (Wildman–Crippen LogP) is 2.27. The molecule has 1 heterocycles. The summed E-state index contributed by atoms with van der Waals surface area (Å²) < 4.78 is 12.8. The second-order valence-electron chi connectivity index (χ2n) is 5.90. The number of hydrogen-bond donors (Lipinski definition) is 2.